The molecule has 0 fully saturated rings. The molecule has 6 rings (SSSR count). The minimum atomic E-state index is -5.23. The van der Waals surface area contributed by atoms with Gasteiger partial charge in [-0.2, -0.15) is 4.58 Å². The van der Waals surface area contributed by atoms with Crippen molar-refractivity contribution >= 4 is 85.1 Å². The second-order valence-corrected chi connectivity index (χ2v) is 22.7. The number of hydrogen-bond acceptors (Lipinski definition) is 15. The Morgan fingerprint density at radius 2 is 1.38 bits per heavy atom. The highest BCUT2D eigenvalue weighted by molar-refractivity contribution is 7.87. The summed E-state index contributed by atoms with van der Waals surface area (Å²) < 4.78 is 153. The molecule has 2 aliphatic heterocycles. The molecule has 68 heavy (non-hydrogen) atoms. The number of allylic oxidation sites excluding steroid dienone is 8. The number of carboxylic acid groups (broad SMARTS) is 1. The Kier molecular flexibility index (Phi) is 16.2. The minimum Gasteiger partial charge on any atom is -0.748 e. The number of carboxylic acids is 1. The highest BCUT2D eigenvalue weighted by Crippen LogP contribution is 2.53. The van der Waals surface area contributed by atoms with Gasteiger partial charge in [0.1, 0.15) is 36.9 Å². The van der Waals surface area contributed by atoms with Gasteiger partial charge in [-0.3, -0.25) is 4.79 Å². The maximum Gasteiger partial charge on any atom is 0.303 e. The minimum absolute atomic E-state index is 0. The highest BCUT2D eigenvalue weighted by atomic mass is 32.2. The van der Waals surface area contributed by atoms with E-state index < -0.39 is 77.7 Å². The van der Waals surface area contributed by atoms with Crippen molar-refractivity contribution in [1.82, 2.24) is 0 Å². The van der Waals surface area contributed by atoms with Crippen LogP contribution in [0.15, 0.2) is 118 Å². The Morgan fingerprint density at radius 3 is 2.01 bits per heavy atom. The van der Waals surface area contributed by atoms with Crippen LogP contribution in [0, 0.1) is 0 Å². The van der Waals surface area contributed by atoms with Crippen molar-refractivity contribution in [2.75, 3.05) is 37.5 Å². The Hall–Kier alpha value is -5.10. The molecule has 2 aliphatic rings. The molecule has 0 saturated carbocycles. The van der Waals surface area contributed by atoms with E-state index in [9.17, 15) is 56.7 Å². The van der Waals surface area contributed by atoms with Gasteiger partial charge >= 0.3 is 5.97 Å². The fourth-order valence-electron chi connectivity index (χ4n) is 9.30. The summed E-state index contributed by atoms with van der Waals surface area (Å²) in [6, 6.07) is 12.4. The smallest absolute Gasteiger partial charge is 0.303 e. The molecule has 21 heteroatoms. The quantitative estimate of drug-likeness (QED) is 0.0419. The fourth-order valence-corrected chi connectivity index (χ4v) is 11.6. The van der Waals surface area contributed by atoms with Crippen LogP contribution in [-0.2, 0) is 60.8 Å². The second-order valence-electron chi connectivity index (χ2n) is 17.1. The van der Waals surface area contributed by atoms with Crippen molar-refractivity contribution < 1.29 is 71.1 Å². The van der Waals surface area contributed by atoms with E-state index in [0.717, 1.165) is 6.07 Å². The van der Waals surface area contributed by atoms with E-state index in [2.05, 4.69) is 0 Å². The van der Waals surface area contributed by atoms with Crippen LogP contribution in [0.1, 0.15) is 77.8 Å². The second kappa shape index (κ2) is 20.5. The average molecular weight is 1010 g/mol. The zero-order valence-corrected chi connectivity index (χ0v) is 40.3. The molecular formula is C47H53N2O15S4-3. The first-order valence-corrected chi connectivity index (χ1v) is 26.9. The first-order chi connectivity index (χ1) is 31.2. The third kappa shape index (κ3) is 11.5. The van der Waals surface area contributed by atoms with Gasteiger partial charge in [0.2, 0.25) is 5.69 Å². The molecular weight excluding hydrogens is 961 g/mol. The van der Waals surface area contributed by atoms with Gasteiger partial charge in [0.05, 0.1) is 36.8 Å². The van der Waals surface area contributed by atoms with E-state index in [1.807, 2.05) is 48.5 Å². The number of rotatable bonds is 20. The van der Waals surface area contributed by atoms with Crippen LogP contribution in [-0.4, -0.2) is 106 Å². The van der Waals surface area contributed by atoms with Gasteiger partial charge in [0.15, 0.2) is 5.71 Å². The number of hydrogen-bond donors (Lipinski definition) is 1. The van der Waals surface area contributed by atoms with Crippen LogP contribution in [0.5, 0.6) is 0 Å². The van der Waals surface area contributed by atoms with Crippen LogP contribution in [0.25, 0.3) is 21.5 Å². The van der Waals surface area contributed by atoms with Crippen molar-refractivity contribution in [2.45, 2.75) is 92.2 Å². The van der Waals surface area contributed by atoms with E-state index >= 15 is 0 Å². The maximum absolute atomic E-state index is 12.4. The first-order valence-electron chi connectivity index (χ1n) is 21.1. The zero-order valence-electron chi connectivity index (χ0n) is 37.0. The maximum atomic E-state index is 12.4. The molecule has 0 radical (unpaired) electrons. The van der Waals surface area contributed by atoms with E-state index in [1.54, 1.807) is 42.5 Å². The molecule has 0 bridgehead atoms. The van der Waals surface area contributed by atoms with E-state index in [1.165, 1.54) is 31.4 Å². The summed E-state index contributed by atoms with van der Waals surface area (Å²) in [7, 11) is -18.3. The molecule has 4 aromatic rings. The number of aliphatic carboxylic acids is 1. The summed E-state index contributed by atoms with van der Waals surface area (Å²) in [5.74, 6) is -1.56. The Balaban J connectivity index is 0.00000864. The van der Waals surface area contributed by atoms with Gasteiger partial charge in [-0.05, 0) is 111 Å². The van der Waals surface area contributed by atoms with Crippen molar-refractivity contribution in [3.63, 3.8) is 0 Å². The fraction of sp³-hybridized carbons (Fsp3) is 0.362. The number of unbranched alkanes of at least 4 members (excludes halogenated alkanes) is 2. The molecule has 2 heterocycles. The predicted octanol–water partition coefficient (Wildman–Crippen LogP) is 6.66. The summed E-state index contributed by atoms with van der Waals surface area (Å²) in [6.45, 7) is 6.53. The topological polar surface area (TPSA) is 282 Å². The molecule has 1 unspecified atom stereocenters. The summed E-state index contributed by atoms with van der Waals surface area (Å²) in [5.41, 5.74) is 1.84. The van der Waals surface area contributed by atoms with Crippen molar-refractivity contribution in [1.29, 1.82) is 0 Å². The Bertz CT molecular complexity index is 3260. The zero-order chi connectivity index (χ0) is 49.3. The standard InChI is InChI=1S/C46H52N2O15S4.CH4/c1-45(2)40(47(24-12-8-11-16-42(49)50)37-22-20-34-36(43(37)45)29-33(66(57,58)59)30-39(34)67(60,61)62)14-9-6-5-7-10-15-41-46(3,23-13-27-64(51,52)53)44-35-28-32(65(54,55)56)19-17-31(35)18-21-38(44)48(41)25-26-63-4;/h5-7,9-10,14-15,17-22,28-30H,8,11-13,16,23-27H2,1-4H3,(H4-,49,50,51,52,53,54,55,56,57,58,59,60,61,62);1H4/p-3. The summed E-state index contributed by atoms with van der Waals surface area (Å²) in [6.07, 6.45) is 14.0. The van der Waals surface area contributed by atoms with Gasteiger partial charge in [0, 0.05) is 72.1 Å². The van der Waals surface area contributed by atoms with Crippen LogP contribution in [0.3, 0.4) is 0 Å². The highest BCUT2D eigenvalue weighted by Gasteiger charge is 2.46. The van der Waals surface area contributed by atoms with Crippen LogP contribution < -0.4 is 4.90 Å². The molecule has 0 saturated heterocycles. The van der Waals surface area contributed by atoms with Crippen LogP contribution in [0.2, 0.25) is 0 Å². The lowest BCUT2D eigenvalue weighted by Gasteiger charge is -2.31. The van der Waals surface area contributed by atoms with Gasteiger partial charge in [-0.25, -0.2) is 33.7 Å². The van der Waals surface area contributed by atoms with Gasteiger partial charge in [0.25, 0.3) is 0 Å². The van der Waals surface area contributed by atoms with E-state index in [0.29, 0.717) is 83.1 Å². The van der Waals surface area contributed by atoms with Crippen molar-refractivity contribution in [2.24, 2.45) is 0 Å². The van der Waals surface area contributed by atoms with E-state index in [4.69, 9.17) is 9.84 Å². The molecule has 1 atom stereocenters. The number of fused-ring (bicyclic) bond motifs is 6. The van der Waals surface area contributed by atoms with Crippen molar-refractivity contribution in [3.05, 3.63) is 114 Å². The summed E-state index contributed by atoms with van der Waals surface area (Å²) in [4.78, 5) is 11.0. The predicted molar refractivity (Wildman–Crippen MR) is 253 cm³/mol. The van der Waals surface area contributed by atoms with Crippen LogP contribution in [0.4, 0.5) is 11.4 Å². The van der Waals surface area contributed by atoms with Gasteiger partial charge in [-0.15, -0.1) is 0 Å². The molecule has 0 aromatic heterocycles. The molecule has 0 spiro atoms. The molecule has 17 nitrogen and oxygen atoms in total. The summed E-state index contributed by atoms with van der Waals surface area (Å²) in [5, 5.41) is 10.3. The molecule has 0 amide bonds. The molecule has 0 aliphatic carbocycles. The third-order valence-electron chi connectivity index (χ3n) is 12.2. The van der Waals surface area contributed by atoms with E-state index in [-0.39, 0.29) is 44.1 Å². The number of benzene rings is 4. The van der Waals surface area contributed by atoms with Crippen molar-refractivity contribution in [3.8, 4) is 0 Å². The lowest BCUT2D eigenvalue weighted by atomic mass is 9.76. The lowest BCUT2D eigenvalue weighted by molar-refractivity contribution is -0.438. The average Bonchev–Trinajstić information content (AvgIpc) is 3.59. The SMILES string of the molecule is C.COCCN1C(=CC=CC=CC=CC2=[N+](CCCCCC(=O)O)c3ccc4c(S(=O)(=O)[O-])cc(S(=O)(=O)[O-])cc4c3C2(C)C)C(C)(CCCS(=O)(=O)[O-])c2c1ccc1ccc(S(=O)(=O)[O-])cc21. The Labute approximate surface area is 397 Å². The molecule has 4 aromatic carbocycles. The first kappa shape index (κ1) is 53.8. The normalized spacial score (nSPS) is 18.2. The number of carbonyl (C=O) groups is 1. The largest absolute Gasteiger partial charge is 0.748 e. The third-order valence-corrected chi connectivity index (χ3v) is 15.5. The number of ether oxygens (including phenoxy) is 1. The van der Waals surface area contributed by atoms with Gasteiger partial charge in [-0.1, -0.05) is 49.9 Å². The number of nitrogens with zero attached hydrogens (tertiary/aromatic N) is 2. The van der Waals surface area contributed by atoms with Crippen LogP contribution >= 0.6 is 0 Å². The summed E-state index contributed by atoms with van der Waals surface area (Å²) >= 11 is 0. The monoisotopic (exact) mass is 1010 g/mol. The Morgan fingerprint density at radius 1 is 0.735 bits per heavy atom. The molecule has 368 valence electrons. The lowest BCUT2D eigenvalue weighted by Crippen LogP contribution is -2.31. The molecule has 1 N–H and O–H groups in total. The number of methoxy groups -OCH3 is 1. The van der Waals surface area contributed by atoms with Gasteiger partial charge < -0.3 is 33.0 Å². The number of anilines is 1.